The Labute approximate surface area is 163 Å². The summed E-state index contributed by atoms with van der Waals surface area (Å²) in [4.78, 5) is 4.52. The van der Waals surface area contributed by atoms with Crippen molar-refractivity contribution >= 4 is 32.5 Å². The first kappa shape index (κ1) is 18.4. The van der Waals surface area contributed by atoms with Crippen molar-refractivity contribution in [1.29, 1.82) is 0 Å². The lowest BCUT2D eigenvalue weighted by molar-refractivity contribution is 0.393. The predicted molar refractivity (Wildman–Crippen MR) is 104 cm³/mol. The van der Waals surface area contributed by atoms with E-state index < -0.39 is 10.0 Å². The standard InChI is InChI=1S/C19H20ClN3O3S/c1-11-17(12(2)26-22-11)15-10-16(14-8-5-9-21-19(14)18(15)20)27(24,25)23-13-6-3-4-7-13/h5,8-10,13,23H,3-4,6-7H2,1-2H3. The van der Waals surface area contributed by atoms with Crippen LogP contribution in [0.2, 0.25) is 5.02 Å². The quantitative estimate of drug-likeness (QED) is 0.696. The Balaban J connectivity index is 1.96. The highest BCUT2D eigenvalue weighted by Crippen LogP contribution is 2.40. The molecule has 0 aliphatic heterocycles. The maximum atomic E-state index is 13.2. The second-order valence-electron chi connectivity index (χ2n) is 6.94. The van der Waals surface area contributed by atoms with Gasteiger partial charge in [0.1, 0.15) is 5.76 Å². The molecule has 0 spiro atoms. The van der Waals surface area contributed by atoms with Crippen molar-refractivity contribution in [2.24, 2.45) is 0 Å². The minimum absolute atomic E-state index is 0.0279. The van der Waals surface area contributed by atoms with Crippen molar-refractivity contribution in [3.63, 3.8) is 0 Å². The molecule has 1 fully saturated rings. The Morgan fingerprint density at radius 3 is 2.67 bits per heavy atom. The number of nitrogens with zero attached hydrogens (tertiary/aromatic N) is 2. The Bertz CT molecular complexity index is 1100. The molecule has 0 radical (unpaired) electrons. The maximum absolute atomic E-state index is 13.2. The molecule has 0 unspecified atom stereocenters. The summed E-state index contributed by atoms with van der Waals surface area (Å²) in [5.41, 5.74) is 2.36. The maximum Gasteiger partial charge on any atom is 0.241 e. The molecule has 8 heteroatoms. The van der Waals surface area contributed by atoms with Crippen molar-refractivity contribution in [3.05, 3.63) is 40.9 Å². The topological polar surface area (TPSA) is 85.1 Å². The summed E-state index contributed by atoms with van der Waals surface area (Å²) in [5, 5.41) is 4.86. The number of sulfonamides is 1. The van der Waals surface area contributed by atoms with Gasteiger partial charge in [0.05, 0.1) is 21.1 Å². The lowest BCUT2D eigenvalue weighted by Crippen LogP contribution is -2.32. The molecule has 1 saturated carbocycles. The Hall–Kier alpha value is -1.96. The number of hydrogen-bond acceptors (Lipinski definition) is 5. The van der Waals surface area contributed by atoms with E-state index in [0.717, 1.165) is 25.7 Å². The Morgan fingerprint density at radius 2 is 2.00 bits per heavy atom. The van der Waals surface area contributed by atoms with Gasteiger partial charge < -0.3 is 4.52 Å². The monoisotopic (exact) mass is 405 g/mol. The highest BCUT2D eigenvalue weighted by molar-refractivity contribution is 7.89. The highest BCUT2D eigenvalue weighted by Gasteiger charge is 2.27. The van der Waals surface area contributed by atoms with Crippen molar-refractivity contribution in [1.82, 2.24) is 14.9 Å². The fourth-order valence-corrected chi connectivity index (χ4v) is 5.61. The number of fused-ring (bicyclic) bond motifs is 1. The lowest BCUT2D eigenvalue weighted by Gasteiger charge is -2.16. The summed E-state index contributed by atoms with van der Waals surface area (Å²) < 4.78 is 34.5. The average molecular weight is 406 g/mol. The van der Waals surface area contributed by atoms with Gasteiger partial charge >= 0.3 is 0 Å². The van der Waals surface area contributed by atoms with Gasteiger partial charge in [-0.15, -0.1) is 0 Å². The lowest BCUT2D eigenvalue weighted by atomic mass is 10.0. The molecule has 2 heterocycles. The van der Waals surface area contributed by atoms with E-state index in [1.807, 2.05) is 0 Å². The first-order valence-electron chi connectivity index (χ1n) is 8.91. The van der Waals surface area contributed by atoms with E-state index in [2.05, 4.69) is 14.9 Å². The van der Waals surface area contributed by atoms with Gasteiger partial charge in [0.25, 0.3) is 0 Å². The van der Waals surface area contributed by atoms with Crippen molar-refractivity contribution in [2.45, 2.75) is 50.5 Å². The third kappa shape index (κ3) is 3.24. The van der Waals surface area contributed by atoms with Crippen molar-refractivity contribution < 1.29 is 12.9 Å². The summed E-state index contributed by atoms with van der Waals surface area (Å²) in [7, 11) is -3.73. The minimum atomic E-state index is -3.73. The van der Waals surface area contributed by atoms with Crippen LogP contribution < -0.4 is 4.72 Å². The van der Waals surface area contributed by atoms with Gasteiger partial charge in [-0.2, -0.15) is 0 Å². The fraction of sp³-hybridized carbons (Fsp3) is 0.368. The van der Waals surface area contributed by atoms with E-state index in [1.165, 1.54) is 0 Å². The van der Waals surface area contributed by atoms with E-state index in [1.54, 1.807) is 38.2 Å². The third-order valence-corrected chi connectivity index (χ3v) is 7.01. The fourth-order valence-electron chi connectivity index (χ4n) is 3.78. The molecule has 0 saturated heterocycles. The van der Waals surface area contributed by atoms with Crippen LogP contribution in [0.4, 0.5) is 0 Å². The van der Waals surface area contributed by atoms with Gasteiger partial charge in [0.15, 0.2) is 0 Å². The van der Waals surface area contributed by atoms with E-state index in [9.17, 15) is 8.42 Å². The zero-order chi connectivity index (χ0) is 19.2. The van der Waals surface area contributed by atoms with Crippen molar-refractivity contribution in [2.75, 3.05) is 0 Å². The SMILES string of the molecule is Cc1noc(C)c1-c1cc(S(=O)(=O)NC2CCCC2)c2cccnc2c1Cl. The van der Waals surface area contributed by atoms with E-state index in [-0.39, 0.29) is 10.9 Å². The molecular weight excluding hydrogens is 386 g/mol. The molecule has 27 heavy (non-hydrogen) atoms. The van der Waals surface area contributed by atoms with Crippen LogP contribution in [0.5, 0.6) is 0 Å². The van der Waals surface area contributed by atoms with Gasteiger partial charge in [-0.05, 0) is 44.9 Å². The number of benzene rings is 1. The van der Waals surface area contributed by atoms with Crippen molar-refractivity contribution in [3.8, 4) is 11.1 Å². The molecule has 1 aliphatic rings. The highest BCUT2D eigenvalue weighted by atomic mass is 35.5. The van der Waals surface area contributed by atoms with Crippen LogP contribution in [-0.4, -0.2) is 24.6 Å². The average Bonchev–Trinajstić information content (AvgIpc) is 3.25. The van der Waals surface area contributed by atoms with Crippen LogP contribution in [-0.2, 0) is 10.0 Å². The molecule has 0 amide bonds. The molecule has 1 aromatic carbocycles. The number of pyridine rings is 1. The third-order valence-electron chi connectivity index (χ3n) is 5.06. The number of aromatic nitrogens is 2. The number of nitrogens with one attached hydrogen (secondary N) is 1. The summed E-state index contributed by atoms with van der Waals surface area (Å²) in [5.74, 6) is 0.580. The molecular formula is C19H20ClN3O3S. The van der Waals surface area contributed by atoms with Crippen LogP contribution in [0.15, 0.2) is 33.8 Å². The van der Waals surface area contributed by atoms with Gasteiger partial charge in [-0.25, -0.2) is 13.1 Å². The van der Waals surface area contributed by atoms with E-state index in [0.29, 0.717) is 38.5 Å². The Morgan fingerprint density at radius 1 is 1.26 bits per heavy atom. The Kier molecular flexibility index (Phi) is 4.70. The first-order valence-corrected chi connectivity index (χ1v) is 10.8. The van der Waals surface area contributed by atoms with E-state index >= 15 is 0 Å². The molecule has 1 aliphatic carbocycles. The second-order valence-corrected chi connectivity index (χ2v) is 9.00. The molecule has 3 aromatic rings. The molecule has 1 N–H and O–H groups in total. The van der Waals surface area contributed by atoms with Crippen LogP contribution in [0.3, 0.4) is 0 Å². The smallest absolute Gasteiger partial charge is 0.241 e. The summed E-state index contributed by atoms with van der Waals surface area (Å²) in [6.07, 6.45) is 5.41. The van der Waals surface area contributed by atoms with Gasteiger partial charge in [0, 0.05) is 28.8 Å². The molecule has 142 valence electrons. The number of hydrogen-bond donors (Lipinski definition) is 1. The van der Waals surface area contributed by atoms with Gasteiger partial charge in [0.2, 0.25) is 10.0 Å². The number of rotatable bonds is 4. The second kappa shape index (κ2) is 6.89. The summed E-state index contributed by atoms with van der Waals surface area (Å²) >= 11 is 6.62. The zero-order valence-corrected chi connectivity index (χ0v) is 16.7. The van der Waals surface area contributed by atoms with E-state index in [4.69, 9.17) is 16.1 Å². The predicted octanol–water partition coefficient (Wildman–Crippen LogP) is 4.38. The summed E-state index contributed by atoms with van der Waals surface area (Å²) in [6, 6.07) is 5.02. The first-order chi connectivity index (χ1) is 12.9. The zero-order valence-electron chi connectivity index (χ0n) is 15.1. The number of halogens is 1. The molecule has 0 atom stereocenters. The van der Waals surface area contributed by atoms with Gasteiger partial charge in [-0.1, -0.05) is 29.6 Å². The van der Waals surface area contributed by atoms with Crippen LogP contribution in [0.1, 0.15) is 37.1 Å². The van der Waals surface area contributed by atoms with Gasteiger partial charge in [-0.3, -0.25) is 4.98 Å². The molecule has 4 rings (SSSR count). The van der Waals surface area contributed by atoms with Crippen LogP contribution >= 0.6 is 11.6 Å². The molecule has 2 aromatic heterocycles. The normalized spacial score (nSPS) is 15.7. The van der Waals surface area contributed by atoms with Crippen LogP contribution in [0, 0.1) is 13.8 Å². The van der Waals surface area contributed by atoms with Crippen LogP contribution in [0.25, 0.3) is 22.0 Å². The molecule has 6 nitrogen and oxygen atoms in total. The minimum Gasteiger partial charge on any atom is -0.361 e. The summed E-state index contributed by atoms with van der Waals surface area (Å²) in [6.45, 7) is 3.58. The number of aryl methyl sites for hydroxylation is 2. The largest absolute Gasteiger partial charge is 0.361 e. The molecule has 0 bridgehead atoms.